The molecule has 2 aromatic carbocycles. The van der Waals surface area contributed by atoms with Gasteiger partial charge in [0, 0.05) is 11.8 Å². The van der Waals surface area contributed by atoms with Crippen molar-refractivity contribution in [1.82, 2.24) is 9.97 Å². The molecule has 0 aliphatic rings. The van der Waals surface area contributed by atoms with Crippen molar-refractivity contribution in [2.45, 2.75) is 0 Å². The van der Waals surface area contributed by atoms with Crippen molar-refractivity contribution >= 4 is 17.3 Å². The van der Waals surface area contributed by atoms with Gasteiger partial charge in [0.25, 0.3) is 0 Å². The van der Waals surface area contributed by atoms with Crippen LogP contribution in [0.25, 0.3) is 0 Å². The van der Waals surface area contributed by atoms with E-state index in [4.69, 9.17) is 10.5 Å². The largest absolute Gasteiger partial charge is 0.457 e. The Labute approximate surface area is 122 Å². The van der Waals surface area contributed by atoms with Crippen LogP contribution in [0.15, 0.2) is 67.0 Å². The molecule has 3 rings (SSSR count). The number of nitrogens with one attached hydrogen (secondary N) is 1. The first kappa shape index (κ1) is 12.9. The van der Waals surface area contributed by atoms with Gasteiger partial charge in [-0.25, -0.2) is 9.97 Å². The van der Waals surface area contributed by atoms with Crippen LogP contribution in [0.5, 0.6) is 11.5 Å². The first-order valence-corrected chi connectivity index (χ1v) is 6.47. The first-order chi connectivity index (χ1) is 10.3. The quantitative estimate of drug-likeness (QED) is 0.763. The Kier molecular flexibility index (Phi) is 3.64. The number of para-hydroxylation sites is 1. The number of ether oxygens (including phenoxy) is 1. The zero-order valence-electron chi connectivity index (χ0n) is 11.2. The standard InChI is InChI=1S/C16H14N4O/c17-15-10-19-16(11-18-15)20-12-5-4-8-14(9-12)21-13-6-2-1-3-7-13/h1-11H,(H2,17,18)(H,19,20). The lowest BCUT2D eigenvalue weighted by Crippen LogP contribution is -1.97. The molecule has 5 heteroatoms. The van der Waals surface area contributed by atoms with E-state index in [-0.39, 0.29) is 0 Å². The summed E-state index contributed by atoms with van der Waals surface area (Å²) in [5.41, 5.74) is 6.37. The van der Waals surface area contributed by atoms with E-state index in [0.29, 0.717) is 11.6 Å². The van der Waals surface area contributed by atoms with Crippen LogP contribution in [0.2, 0.25) is 0 Å². The molecule has 0 amide bonds. The summed E-state index contributed by atoms with van der Waals surface area (Å²) in [6, 6.07) is 17.3. The Morgan fingerprint density at radius 3 is 2.43 bits per heavy atom. The van der Waals surface area contributed by atoms with Gasteiger partial charge in [-0.1, -0.05) is 24.3 Å². The smallest absolute Gasteiger partial charge is 0.149 e. The van der Waals surface area contributed by atoms with Crippen molar-refractivity contribution < 1.29 is 4.74 Å². The monoisotopic (exact) mass is 278 g/mol. The predicted octanol–water partition coefficient (Wildman–Crippen LogP) is 3.59. The number of anilines is 3. The second-order valence-electron chi connectivity index (χ2n) is 4.39. The fourth-order valence-corrected chi connectivity index (χ4v) is 1.81. The molecule has 3 N–H and O–H groups in total. The van der Waals surface area contributed by atoms with Crippen molar-refractivity contribution in [3.63, 3.8) is 0 Å². The summed E-state index contributed by atoms with van der Waals surface area (Å²) < 4.78 is 5.78. The van der Waals surface area contributed by atoms with Crippen LogP contribution >= 0.6 is 0 Å². The highest BCUT2D eigenvalue weighted by Crippen LogP contribution is 2.25. The third-order valence-corrected chi connectivity index (χ3v) is 2.76. The molecule has 5 nitrogen and oxygen atoms in total. The van der Waals surface area contributed by atoms with Crippen molar-refractivity contribution in [3.8, 4) is 11.5 Å². The van der Waals surface area contributed by atoms with E-state index >= 15 is 0 Å². The van der Waals surface area contributed by atoms with E-state index in [1.54, 1.807) is 6.20 Å². The van der Waals surface area contributed by atoms with Crippen molar-refractivity contribution in [2.24, 2.45) is 0 Å². The fourth-order valence-electron chi connectivity index (χ4n) is 1.81. The van der Waals surface area contributed by atoms with E-state index in [0.717, 1.165) is 17.2 Å². The Morgan fingerprint density at radius 2 is 1.67 bits per heavy atom. The molecule has 0 aliphatic carbocycles. The van der Waals surface area contributed by atoms with E-state index in [2.05, 4.69) is 15.3 Å². The summed E-state index contributed by atoms with van der Waals surface area (Å²) >= 11 is 0. The molecule has 3 aromatic rings. The van der Waals surface area contributed by atoms with Gasteiger partial charge in [0.1, 0.15) is 23.1 Å². The lowest BCUT2D eigenvalue weighted by molar-refractivity contribution is 0.483. The Morgan fingerprint density at radius 1 is 0.857 bits per heavy atom. The molecule has 0 bridgehead atoms. The van der Waals surface area contributed by atoms with Gasteiger partial charge in [-0.05, 0) is 24.3 Å². The third kappa shape index (κ3) is 3.48. The van der Waals surface area contributed by atoms with Crippen LogP contribution in [-0.4, -0.2) is 9.97 Å². The minimum Gasteiger partial charge on any atom is -0.457 e. The first-order valence-electron chi connectivity index (χ1n) is 6.47. The van der Waals surface area contributed by atoms with Crippen LogP contribution in [0, 0.1) is 0 Å². The number of nitrogen functional groups attached to an aromatic ring is 1. The van der Waals surface area contributed by atoms with Gasteiger partial charge in [-0.3, -0.25) is 0 Å². The average Bonchev–Trinajstić information content (AvgIpc) is 2.51. The van der Waals surface area contributed by atoms with E-state index in [1.165, 1.54) is 6.20 Å². The van der Waals surface area contributed by atoms with Crippen LogP contribution in [0.4, 0.5) is 17.3 Å². The molecule has 1 heterocycles. The number of nitrogens with zero attached hydrogens (tertiary/aromatic N) is 2. The normalized spacial score (nSPS) is 10.1. The van der Waals surface area contributed by atoms with Crippen LogP contribution in [0.1, 0.15) is 0 Å². The molecular weight excluding hydrogens is 264 g/mol. The van der Waals surface area contributed by atoms with Crippen LogP contribution in [-0.2, 0) is 0 Å². The maximum Gasteiger partial charge on any atom is 0.149 e. The number of aromatic nitrogens is 2. The van der Waals surface area contributed by atoms with Gasteiger partial charge in [-0.15, -0.1) is 0 Å². The van der Waals surface area contributed by atoms with Crippen molar-refractivity contribution in [2.75, 3.05) is 11.1 Å². The van der Waals surface area contributed by atoms with Crippen molar-refractivity contribution in [1.29, 1.82) is 0 Å². The second kappa shape index (κ2) is 5.92. The Bertz CT molecular complexity index is 714. The van der Waals surface area contributed by atoms with Gasteiger partial charge in [0.05, 0.1) is 12.4 Å². The number of hydrogen-bond donors (Lipinski definition) is 2. The number of benzene rings is 2. The Hall–Kier alpha value is -3.08. The number of nitrogens with two attached hydrogens (primary N) is 1. The maximum absolute atomic E-state index is 5.78. The molecular formula is C16H14N4O. The lowest BCUT2D eigenvalue weighted by atomic mass is 10.3. The van der Waals surface area contributed by atoms with Crippen LogP contribution in [0.3, 0.4) is 0 Å². The summed E-state index contributed by atoms with van der Waals surface area (Å²) in [5.74, 6) is 2.55. The highest BCUT2D eigenvalue weighted by Gasteiger charge is 2.00. The molecule has 0 saturated carbocycles. The van der Waals surface area contributed by atoms with Gasteiger partial charge in [-0.2, -0.15) is 0 Å². The summed E-state index contributed by atoms with van der Waals surface area (Å²) in [5, 5.41) is 3.15. The molecule has 0 saturated heterocycles. The highest BCUT2D eigenvalue weighted by molar-refractivity contribution is 5.58. The summed E-state index contributed by atoms with van der Waals surface area (Å²) in [7, 11) is 0. The number of rotatable bonds is 4. The predicted molar refractivity (Wildman–Crippen MR) is 82.7 cm³/mol. The Balaban J connectivity index is 1.75. The second-order valence-corrected chi connectivity index (χ2v) is 4.39. The molecule has 1 aromatic heterocycles. The molecule has 0 spiro atoms. The molecule has 0 radical (unpaired) electrons. The molecule has 21 heavy (non-hydrogen) atoms. The van der Waals surface area contributed by atoms with E-state index in [1.807, 2.05) is 54.6 Å². The zero-order chi connectivity index (χ0) is 14.5. The molecule has 104 valence electrons. The highest BCUT2D eigenvalue weighted by atomic mass is 16.5. The van der Waals surface area contributed by atoms with E-state index in [9.17, 15) is 0 Å². The maximum atomic E-state index is 5.78. The van der Waals surface area contributed by atoms with Gasteiger partial charge >= 0.3 is 0 Å². The molecule has 0 fully saturated rings. The summed E-state index contributed by atoms with van der Waals surface area (Å²) in [6.45, 7) is 0. The summed E-state index contributed by atoms with van der Waals surface area (Å²) in [6.07, 6.45) is 3.09. The summed E-state index contributed by atoms with van der Waals surface area (Å²) in [4.78, 5) is 8.13. The topological polar surface area (TPSA) is 73.1 Å². The minimum atomic E-state index is 0.390. The van der Waals surface area contributed by atoms with Crippen molar-refractivity contribution in [3.05, 3.63) is 67.0 Å². The zero-order valence-corrected chi connectivity index (χ0v) is 11.2. The van der Waals surface area contributed by atoms with E-state index < -0.39 is 0 Å². The molecule has 0 atom stereocenters. The lowest BCUT2D eigenvalue weighted by Gasteiger charge is -2.09. The third-order valence-electron chi connectivity index (χ3n) is 2.76. The van der Waals surface area contributed by atoms with Gasteiger partial charge in [0.15, 0.2) is 0 Å². The van der Waals surface area contributed by atoms with Gasteiger partial charge in [0.2, 0.25) is 0 Å². The average molecular weight is 278 g/mol. The molecule has 0 aliphatic heterocycles. The van der Waals surface area contributed by atoms with Crippen LogP contribution < -0.4 is 15.8 Å². The van der Waals surface area contributed by atoms with Gasteiger partial charge < -0.3 is 15.8 Å². The molecule has 0 unspecified atom stereocenters. The number of hydrogen-bond acceptors (Lipinski definition) is 5. The minimum absolute atomic E-state index is 0.390. The SMILES string of the molecule is Nc1cnc(Nc2cccc(Oc3ccccc3)c2)cn1. The fraction of sp³-hybridized carbons (Fsp3) is 0.